The summed E-state index contributed by atoms with van der Waals surface area (Å²) >= 11 is 0. The standard InChI is InChI=1S/C14H30N4/c1-5-7-10-16-14(15-6-2)17-11-12(3)18(4)13-8-9-13/h12-13H,5-11H2,1-4H3,(H2,15,16,17). The minimum atomic E-state index is 0.527. The Bertz CT molecular complexity index is 248. The normalized spacial score (nSPS) is 17.9. The van der Waals surface area contributed by atoms with Crippen molar-refractivity contribution in [2.45, 2.75) is 58.5 Å². The van der Waals surface area contributed by atoms with Gasteiger partial charge < -0.3 is 10.6 Å². The summed E-state index contributed by atoms with van der Waals surface area (Å²) in [6.45, 7) is 9.38. The van der Waals surface area contributed by atoms with E-state index in [1.54, 1.807) is 0 Å². The lowest BCUT2D eigenvalue weighted by Gasteiger charge is -2.23. The first-order valence-corrected chi connectivity index (χ1v) is 7.43. The zero-order valence-corrected chi connectivity index (χ0v) is 12.5. The van der Waals surface area contributed by atoms with Crippen LogP contribution >= 0.6 is 0 Å². The fourth-order valence-electron chi connectivity index (χ4n) is 1.92. The number of nitrogens with one attached hydrogen (secondary N) is 2. The lowest BCUT2D eigenvalue weighted by atomic mass is 10.3. The Morgan fingerprint density at radius 3 is 2.61 bits per heavy atom. The molecule has 1 saturated carbocycles. The van der Waals surface area contributed by atoms with E-state index in [9.17, 15) is 0 Å². The summed E-state index contributed by atoms with van der Waals surface area (Å²) in [6, 6.07) is 1.34. The molecule has 106 valence electrons. The number of aliphatic imine (C=N–C) groups is 1. The van der Waals surface area contributed by atoms with Gasteiger partial charge in [0.15, 0.2) is 5.96 Å². The Balaban J connectivity index is 2.32. The van der Waals surface area contributed by atoms with Gasteiger partial charge in [0.1, 0.15) is 0 Å². The third kappa shape index (κ3) is 5.71. The van der Waals surface area contributed by atoms with E-state index >= 15 is 0 Å². The number of unbranched alkanes of at least 4 members (excludes halogenated alkanes) is 1. The Hall–Kier alpha value is -0.770. The van der Waals surface area contributed by atoms with Crippen molar-refractivity contribution in [1.29, 1.82) is 0 Å². The van der Waals surface area contributed by atoms with E-state index < -0.39 is 0 Å². The van der Waals surface area contributed by atoms with Crippen molar-refractivity contribution in [2.75, 3.05) is 26.7 Å². The second kappa shape index (κ2) is 8.35. The molecule has 0 heterocycles. The highest BCUT2D eigenvalue weighted by atomic mass is 15.2. The van der Waals surface area contributed by atoms with E-state index in [-0.39, 0.29) is 0 Å². The van der Waals surface area contributed by atoms with Gasteiger partial charge >= 0.3 is 0 Å². The monoisotopic (exact) mass is 254 g/mol. The molecule has 0 aromatic carbocycles. The molecule has 0 aliphatic heterocycles. The summed E-state index contributed by atoms with van der Waals surface area (Å²) in [5.41, 5.74) is 0. The SMILES string of the molecule is CCCCNC(=NCC(C)N(C)C1CC1)NCC. The van der Waals surface area contributed by atoms with E-state index in [4.69, 9.17) is 0 Å². The molecule has 1 aliphatic carbocycles. The van der Waals surface area contributed by atoms with Crippen LogP contribution in [-0.2, 0) is 0 Å². The van der Waals surface area contributed by atoms with Crippen LogP contribution in [0.1, 0.15) is 46.5 Å². The summed E-state index contributed by atoms with van der Waals surface area (Å²) in [4.78, 5) is 7.13. The van der Waals surface area contributed by atoms with Crippen molar-refractivity contribution >= 4 is 5.96 Å². The quantitative estimate of drug-likeness (QED) is 0.394. The predicted molar refractivity (Wildman–Crippen MR) is 79.1 cm³/mol. The van der Waals surface area contributed by atoms with Crippen LogP contribution in [0.3, 0.4) is 0 Å². The average molecular weight is 254 g/mol. The molecule has 2 N–H and O–H groups in total. The molecule has 0 aromatic heterocycles. The van der Waals surface area contributed by atoms with Gasteiger partial charge in [0.25, 0.3) is 0 Å². The van der Waals surface area contributed by atoms with Gasteiger partial charge in [-0.3, -0.25) is 9.89 Å². The van der Waals surface area contributed by atoms with Crippen molar-refractivity contribution in [3.8, 4) is 0 Å². The number of hydrogen-bond donors (Lipinski definition) is 2. The summed E-state index contributed by atoms with van der Waals surface area (Å²) in [5.74, 6) is 0.960. The molecule has 1 atom stereocenters. The zero-order valence-electron chi connectivity index (χ0n) is 12.5. The Morgan fingerprint density at radius 2 is 2.06 bits per heavy atom. The lowest BCUT2D eigenvalue weighted by Crippen LogP contribution is -2.40. The van der Waals surface area contributed by atoms with E-state index in [2.05, 4.69) is 48.3 Å². The van der Waals surface area contributed by atoms with Crippen LogP contribution in [0.5, 0.6) is 0 Å². The van der Waals surface area contributed by atoms with Gasteiger partial charge in [-0.05, 0) is 40.2 Å². The molecule has 0 aromatic rings. The zero-order chi connectivity index (χ0) is 13.4. The molecular weight excluding hydrogens is 224 g/mol. The van der Waals surface area contributed by atoms with Crippen LogP contribution in [0.15, 0.2) is 4.99 Å². The maximum Gasteiger partial charge on any atom is 0.191 e. The van der Waals surface area contributed by atoms with Gasteiger partial charge in [-0.1, -0.05) is 13.3 Å². The molecule has 4 heteroatoms. The smallest absolute Gasteiger partial charge is 0.191 e. The minimum absolute atomic E-state index is 0.527. The van der Waals surface area contributed by atoms with Gasteiger partial charge in [0.2, 0.25) is 0 Å². The number of rotatable bonds is 8. The van der Waals surface area contributed by atoms with Crippen molar-refractivity contribution in [2.24, 2.45) is 4.99 Å². The largest absolute Gasteiger partial charge is 0.357 e. The molecule has 18 heavy (non-hydrogen) atoms. The summed E-state index contributed by atoms with van der Waals surface area (Å²) in [6.07, 6.45) is 5.13. The lowest BCUT2D eigenvalue weighted by molar-refractivity contribution is 0.253. The van der Waals surface area contributed by atoms with E-state index in [1.807, 2.05) is 0 Å². The van der Waals surface area contributed by atoms with Crippen LogP contribution in [0.2, 0.25) is 0 Å². The molecule has 0 amide bonds. The first kappa shape index (κ1) is 15.3. The molecule has 0 saturated heterocycles. The highest BCUT2D eigenvalue weighted by molar-refractivity contribution is 5.79. The molecule has 0 radical (unpaired) electrons. The van der Waals surface area contributed by atoms with E-state index in [1.165, 1.54) is 25.7 Å². The maximum absolute atomic E-state index is 4.67. The summed E-state index contributed by atoms with van der Waals surface area (Å²) in [5, 5.41) is 6.68. The Morgan fingerprint density at radius 1 is 1.33 bits per heavy atom. The minimum Gasteiger partial charge on any atom is -0.357 e. The molecule has 0 spiro atoms. The third-order valence-corrected chi connectivity index (χ3v) is 3.50. The topological polar surface area (TPSA) is 39.7 Å². The van der Waals surface area contributed by atoms with Crippen molar-refractivity contribution < 1.29 is 0 Å². The fraction of sp³-hybridized carbons (Fsp3) is 0.929. The van der Waals surface area contributed by atoms with Crippen LogP contribution in [0, 0.1) is 0 Å². The fourth-order valence-corrected chi connectivity index (χ4v) is 1.92. The highest BCUT2D eigenvalue weighted by Gasteiger charge is 2.28. The number of likely N-dealkylation sites (N-methyl/N-ethyl adjacent to an activating group) is 1. The second-order valence-corrected chi connectivity index (χ2v) is 5.25. The van der Waals surface area contributed by atoms with Gasteiger partial charge in [0, 0.05) is 25.2 Å². The number of nitrogens with zero attached hydrogens (tertiary/aromatic N) is 2. The molecule has 1 unspecified atom stereocenters. The van der Waals surface area contributed by atoms with Gasteiger partial charge in [-0.25, -0.2) is 0 Å². The Labute approximate surface area is 112 Å². The van der Waals surface area contributed by atoms with Crippen LogP contribution < -0.4 is 10.6 Å². The molecule has 0 bridgehead atoms. The summed E-state index contributed by atoms with van der Waals surface area (Å²) in [7, 11) is 2.22. The first-order valence-electron chi connectivity index (χ1n) is 7.43. The molecule has 4 nitrogen and oxygen atoms in total. The molecule has 1 aliphatic rings. The van der Waals surface area contributed by atoms with Gasteiger partial charge in [-0.2, -0.15) is 0 Å². The Kier molecular flexibility index (Phi) is 7.09. The van der Waals surface area contributed by atoms with Gasteiger partial charge in [-0.15, -0.1) is 0 Å². The second-order valence-electron chi connectivity index (χ2n) is 5.25. The molecule has 1 fully saturated rings. The van der Waals surface area contributed by atoms with Crippen LogP contribution in [-0.4, -0.2) is 49.6 Å². The first-order chi connectivity index (χ1) is 8.69. The predicted octanol–water partition coefficient (Wildman–Crippen LogP) is 1.82. The molecule has 1 rings (SSSR count). The average Bonchev–Trinajstić information content (AvgIpc) is 3.19. The third-order valence-electron chi connectivity index (χ3n) is 3.50. The van der Waals surface area contributed by atoms with E-state index in [0.29, 0.717) is 6.04 Å². The van der Waals surface area contributed by atoms with Crippen LogP contribution in [0.25, 0.3) is 0 Å². The highest BCUT2D eigenvalue weighted by Crippen LogP contribution is 2.26. The number of hydrogen-bond acceptors (Lipinski definition) is 2. The maximum atomic E-state index is 4.67. The van der Waals surface area contributed by atoms with Crippen molar-refractivity contribution in [1.82, 2.24) is 15.5 Å². The molecular formula is C14H30N4. The summed E-state index contributed by atoms with van der Waals surface area (Å²) < 4.78 is 0. The van der Waals surface area contributed by atoms with Crippen molar-refractivity contribution in [3.63, 3.8) is 0 Å². The van der Waals surface area contributed by atoms with Crippen molar-refractivity contribution in [3.05, 3.63) is 0 Å². The van der Waals surface area contributed by atoms with Gasteiger partial charge in [0.05, 0.1) is 6.54 Å². The number of guanidine groups is 1. The van der Waals surface area contributed by atoms with Crippen LogP contribution in [0.4, 0.5) is 0 Å². The van der Waals surface area contributed by atoms with E-state index in [0.717, 1.165) is 31.6 Å².